The summed E-state index contributed by atoms with van der Waals surface area (Å²) in [7, 11) is 2.16. The van der Waals surface area contributed by atoms with Crippen LogP contribution in [0.15, 0.2) is 39.5 Å². The Morgan fingerprint density at radius 3 is 2.75 bits per heavy atom. The van der Waals surface area contributed by atoms with Crippen molar-refractivity contribution in [1.82, 2.24) is 5.32 Å². The van der Waals surface area contributed by atoms with E-state index in [2.05, 4.69) is 82.8 Å². The van der Waals surface area contributed by atoms with E-state index in [9.17, 15) is 0 Å². The van der Waals surface area contributed by atoms with Crippen LogP contribution in [0.2, 0.25) is 0 Å². The van der Waals surface area contributed by atoms with Gasteiger partial charge in [0.25, 0.3) is 0 Å². The van der Waals surface area contributed by atoms with Gasteiger partial charge in [-0.05, 0) is 58.0 Å². The van der Waals surface area contributed by atoms with Crippen LogP contribution in [0, 0.1) is 0 Å². The minimum absolute atomic E-state index is 0.368. The largest absolute Gasteiger partial charge is 0.370 e. The normalized spacial score (nSPS) is 12.4. The van der Waals surface area contributed by atoms with Crippen molar-refractivity contribution < 1.29 is 0 Å². The maximum Gasteiger partial charge on any atom is 0.0701 e. The van der Waals surface area contributed by atoms with E-state index in [1.807, 2.05) is 0 Å². The zero-order valence-corrected chi connectivity index (χ0v) is 14.6. The first kappa shape index (κ1) is 15.5. The highest BCUT2D eigenvalue weighted by Gasteiger charge is 2.12. The molecular formula is C16H21BrN2S. The molecule has 1 N–H and O–H groups in total. The first-order chi connectivity index (χ1) is 9.61. The Morgan fingerprint density at radius 2 is 2.10 bits per heavy atom. The lowest BCUT2D eigenvalue weighted by Gasteiger charge is -2.25. The first-order valence-electron chi connectivity index (χ1n) is 6.88. The van der Waals surface area contributed by atoms with Crippen molar-refractivity contribution in [2.75, 3.05) is 18.5 Å². The summed E-state index contributed by atoms with van der Waals surface area (Å²) in [6, 6.07) is 11.2. The number of thiophene rings is 1. The Bertz CT molecular complexity index is 553. The summed E-state index contributed by atoms with van der Waals surface area (Å²) in [4.78, 5) is 2.32. The minimum Gasteiger partial charge on any atom is -0.370 e. The Morgan fingerprint density at radius 1 is 1.35 bits per heavy atom. The summed E-state index contributed by atoms with van der Waals surface area (Å²) in [5, 5.41) is 5.70. The van der Waals surface area contributed by atoms with E-state index in [-0.39, 0.29) is 0 Å². The smallest absolute Gasteiger partial charge is 0.0701 e. The standard InChI is InChI=1S/C16H21BrN2S/c1-4-18-12(2)14-7-5-6-8-15(14)19(3)10-13-9-16(17)20-11-13/h5-9,11-12,18H,4,10H2,1-3H3. The Hall–Kier alpha value is -0.840. The minimum atomic E-state index is 0.368. The van der Waals surface area contributed by atoms with Crippen molar-refractivity contribution in [3.8, 4) is 0 Å². The molecule has 1 atom stereocenters. The third-order valence-electron chi connectivity index (χ3n) is 3.37. The van der Waals surface area contributed by atoms with Crippen LogP contribution in [0.3, 0.4) is 0 Å². The molecule has 0 fully saturated rings. The molecule has 0 radical (unpaired) electrons. The van der Waals surface area contributed by atoms with Crippen LogP contribution < -0.4 is 10.2 Å². The van der Waals surface area contributed by atoms with Gasteiger partial charge in [-0.2, -0.15) is 0 Å². The number of hydrogen-bond donors (Lipinski definition) is 1. The van der Waals surface area contributed by atoms with Gasteiger partial charge in [-0.25, -0.2) is 0 Å². The van der Waals surface area contributed by atoms with E-state index in [1.165, 1.54) is 20.6 Å². The van der Waals surface area contributed by atoms with E-state index in [1.54, 1.807) is 11.3 Å². The van der Waals surface area contributed by atoms with Crippen LogP contribution in [-0.4, -0.2) is 13.6 Å². The molecule has 1 heterocycles. The van der Waals surface area contributed by atoms with Gasteiger partial charge in [-0.3, -0.25) is 0 Å². The lowest BCUT2D eigenvalue weighted by Crippen LogP contribution is -2.23. The molecule has 108 valence electrons. The summed E-state index contributed by atoms with van der Waals surface area (Å²) < 4.78 is 1.19. The molecular weight excluding hydrogens is 332 g/mol. The van der Waals surface area contributed by atoms with Crippen molar-refractivity contribution in [3.63, 3.8) is 0 Å². The average Bonchev–Trinajstić information content (AvgIpc) is 2.84. The molecule has 0 bridgehead atoms. The summed E-state index contributed by atoms with van der Waals surface area (Å²) in [6.07, 6.45) is 0. The van der Waals surface area contributed by atoms with Crippen molar-refractivity contribution in [1.29, 1.82) is 0 Å². The van der Waals surface area contributed by atoms with Crippen LogP contribution >= 0.6 is 27.3 Å². The molecule has 0 saturated heterocycles. The van der Waals surface area contributed by atoms with Crippen LogP contribution in [-0.2, 0) is 6.54 Å². The van der Waals surface area contributed by atoms with Crippen LogP contribution in [0.1, 0.15) is 31.0 Å². The van der Waals surface area contributed by atoms with Gasteiger partial charge >= 0.3 is 0 Å². The highest BCUT2D eigenvalue weighted by Crippen LogP contribution is 2.28. The summed E-state index contributed by atoms with van der Waals surface area (Å²) >= 11 is 5.26. The number of hydrogen-bond acceptors (Lipinski definition) is 3. The quantitative estimate of drug-likeness (QED) is 0.801. The molecule has 1 unspecified atom stereocenters. The van der Waals surface area contributed by atoms with E-state index in [4.69, 9.17) is 0 Å². The highest BCUT2D eigenvalue weighted by atomic mass is 79.9. The molecule has 1 aromatic carbocycles. The fraction of sp³-hybridized carbons (Fsp3) is 0.375. The number of anilines is 1. The number of halogens is 1. The molecule has 0 aliphatic carbocycles. The lowest BCUT2D eigenvalue weighted by molar-refractivity contribution is 0.597. The Kier molecular flexibility index (Phi) is 5.64. The molecule has 0 aliphatic heterocycles. The van der Waals surface area contributed by atoms with Gasteiger partial charge in [0.05, 0.1) is 3.79 Å². The fourth-order valence-corrected chi connectivity index (χ4v) is 3.61. The number of nitrogens with one attached hydrogen (secondary N) is 1. The molecule has 4 heteroatoms. The summed E-state index contributed by atoms with van der Waals surface area (Å²) in [5.41, 5.74) is 3.99. The highest BCUT2D eigenvalue weighted by molar-refractivity contribution is 9.11. The third kappa shape index (κ3) is 3.84. The van der Waals surface area contributed by atoms with Crippen LogP contribution in [0.25, 0.3) is 0 Å². The monoisotopic (exact) mass is 352 g/mol. The maximum absolute atomic E-state index is 3.53. The first-order valence-corrected chi connectivity index (χ1v) is 8.55. The zero-order valence-electron chi connectivity index (χ0n) is 12.2. The van der Waals surface area contributed by atoms with Gasteiger partial charge in [0.2, 0.25) is 0 Å². The van der Waals surface area contributed by atoms with Crippen molar-refractivity contribution in [3.05, 3.63) is 50.6 Å². The molecule has 0 amide bonds. The Labute approximate surface area is 133 Å². The van der Waals surface area contributed by atoms with Crippen molar-refractivity contribution in [2.24, 2.45) is 0 Å². The Balaban J connectivity index is 2.18. The van der Waals surface area contributed by atoms with Gasteiger partial charge in [0, 0.05) is 25.3 Å². The lowest BCUT2D eigenvalue weighted by atomic mass is 10.0. The molecule has 1 aromatic heterocycles. The molecule has 0 aliphatic rings. The molecule has 20 heavy (non-hydrogen) atoms. The third-order valence-corrected chi connectivity index (χ3v) is 4.92. The second-order valence-corrected chi connectivity index (χ2v) is 7.24. The fourth-order valence-electron chi connectivity index (χ4n) is 2.41. The van der Waals surface area contributed by atoms with Gasteiger partial charge in [-0.1, -0.05) is 25.1 Å². The van der Waals surface area contributed by atoms with Gasteiger partial charge in [-0.15, -0.1) is 11.3 Å². The van der Waals surface area contributed by atoms with Gasteiger partial charge in [0.1, 0.15) is 0 Å². The SMILES string of the molecule is CCNC(C)c1ccccc1N(C)Cc1csc(Br)c1. The number of nitrogens with zero attached hydrogens (tertiary/aromatic N) is 1. The zero-order chi connectivity index (χ0) is 14.5. The number of benzene rings is 1. The topological polar surface area (TPSA) is 15.3 Å². The maximum atomic E-state index is 3.53. The average molecular weight is 353 g/mol. The van der Waals surface area contributed by atoms with Crippen LogP contribution in [0.4, 0.5) is 5.69 Å². The number of rotatable bonds is 6. The summed E-state index contributed by atoms with van der Waals surface area (Å²) in [5.74, 6) is 0. The van der Waals surface area contributed by atoms with E-state index >= 15 is 0 Å². The van der Waals surface area contributed by atoms with Crippen molar-refractivity contribution >= 4 is 33.0 Å². The van der Waals surface area contributed by atoms with E-state index in [0.717, 1.165) is 13.1 Å². The molecule has 2 rings (SSSR count). The van der Waals surface area contributed by atoms with E-state index in [0.29, 0.717) is 6.04 Å². The predicted octanol–water partition coefficient (Wildman–Crippen LogP) is 4.82. The molecule has 2 nitrogen and oxygen atoms in total. The van der Waals surface area contributed by atoms with Gasteiger partial charge in [0.15, 0.2) is 0 Å². The van der Waals surface area contributed by atoms with Crippen molar-refractivity contribution in [2.45, 2.75) is 26.4 Å². The molecule has 0 spiro atoms. The van der Waals surface area contributed by atoms with Gasteiger partial charge < -0.3 is 10.2 Å². The predicted molar refractivity (Wildman–Crippen MR) is 92.7 cm³/mol. The second kappa shape index (κ2) is 7.25. The summed E-state index contributed by atoms with van der Waals surface area (Å²) in [6.45, 7) is 6.28. The van der Waals surface area contributed by atoms with Crippen LogP contribution in [0.5, 0.6) is 0 Å². The number of para-hydroxylation sites is 1. The molecule has 0 saturated carbocycles. The van der Waals surface area contributed by atoms with E-state index < -0.39 is 0 Å². The second-order valence-electron chi connectivity index (χ2n) is 4.95. The molecule has 2 aromatic rings.